The number of hydrogen-bond donors (Lipinski definition) is 2. The minimum absolute atomic E-state index is 0.0706. The molecule has 3 N–H and O–H groups in total. The number of halogens is 1. The molecule has 0 bridgehead atoms. The molecule has 5 rings (SSSR count). The van der Waals surface area contributed by atoms with Crippen molar-refractivity contribution in [1.82, 2.24) is 14.6 Å². The second kappa shape index (κ2) is 9.49. The number of nitrogen functional groups attached to an aromatic ring is 1. The molecule has 1 aromatic heterocycles. The van der Waals surface area contributed by atoms with Crippen molar-refractivity contribution in [2.24, 2.45) is 0 Å². The first-order valence-corrected chi connectivity index (χ1v) is 13.1. The lowest BCUT2D eigenvalue weighted by molar-refractivity contribution is 0.0946. The van der Waals surface area contributed by atoms with E-state index < -0.39 is 11.4 Å². The Hall–Kier alpha value is -3.14. The maximum Gasteiger partial charge on any atom is 0.251 e. The lowest BCUT2D eigenvalue weighted by Gasteiger charge is -2.24. The summed E-state index contributed by atoms with van der Waals surface area (Å²) < 4.78 is 28.9. The summed E-state index contributed by atoms with van der Waals surface area (Å²) in [6, 6.07) is 12.9. The summed E-state index contributed by atoms with van der Waals surface area (Å²) >= 11 is -1.03. The highest BCUT2D eigenvalue weighted by atomic mass is 32.2. The van der Waals surface area contributed by atoms with E-state index in [1.807, 2.05) is 35.6 Å². The number of carbonyl (C=O) groups excluding carboxylic acids is 1. The maximum atomic E-state index is 15.3. The van der Waals surface area contributed by atoms with E-state index >= 15 is 4.39 Å². The molecular weight excluding hydrogens is 465 g/mol. The van der Waals surface area contributed by atoms with Crippen molar-refractivity contribution in [2.45, 2.75) is 18.9 Å². The average Bonchev–Trinajstić information content (AvgIpc) is 3.34. The second-order valence-corrected chi connectivity index (χ2v) is 10.5. The number of pyridine rings is 1. The van der Waals surface area contributed by atoms with E-state index in [4.69, 9.17) is 5.73 Å². The van der Waals surface area contributed by atoms with Crippen molar-refractivity contribution in [1.29, 1.82) is 0 Å². The highest BCUT2D eigenvalue weighted by molar-refractivity contribution is 7.88. The number of fused-ring (bicyclic) bond motifs is 1. The van der Waals surface area contributed by atoms with Gasteiger partial charge in [0, 0.05) is 72.2 Å². The van der Waals surface area contributed by atoms with Crippen molar-refractivity contribution < 1.29 is 13.7 Å². The smallest absolute Gasteiger partial charge is 0.251 e. The van der Waals surface area contributed by atoms with Crippen LogP contribution in [0.4, 0.5) is 15.9 Å². The van der Waals surface area contributed by atoms with E-state index in [2.05, 4.69) is 15.2 Å². The van der Waals surface area contributed by atoms with Crippen molar-refractivity contribution in [3.63, 3.8) is 0 Å². The van der Waals surface area contributed by atoms with E-state index in [9.17, 15) is 9.35 Å². The number of carbonyl (C=O) groups is 1. The molecular formula is C26H28FN5O2S. The van der Waals surface area contributed by atoms with E-state index in [0.29, 0.717) is 41.2 Å². The zero-order valence-corrected chi connectivity index (χ0v) is 20.6. The van der Waals surface area contributed by atoms with Gasteiger partial charge >= 0.3 is 0 Å². The number of anilines is 2. The average molecular weight is 494 g/mol. The first-order valence-electron chi connectivity index (χ1n) is 11.6. The molecule has 0 radical (unpaired) electrons. The minimum Gasteiger partial charge on any atom is -0.598 e. The third-order valence-electron chi connectivity index (χ3n) is 6.97. The van der Waals surface area contributed by atoms with E-state index in [1.165, 1.54) is 0 Å². The van der Waals surface area contributed by atoms with Gasteiger partial charge in [-0.2, -0.15) is 0 Å². The van der Waals surface area contributed by atoms with Crippen LogP contribution in [0.2, 0.25) is 0 Å². The summed E-state index contributed by atoms with van der Waals surface area (Å²) in [5.74, 6) is -0.0525. The monoisotopic (exact) mass is 493 g/mol. The SMILES string of the molecule is CN([C@@H]1CCN(c2ccc(-c3cnc(N)c(-c4ccc5c(c4)CCNC5=O)c3)c(F)c2)C1)[S+](C)[O-]. The molecule has 9 heteroatoms. The highest BCUT2D eigenvalue weighted by Gasteiger charge is 2.30. The van der Waals surface area contributed by atoms with Gasteiger partial charge in [-0.05, 0) is 54.3 Å². The third-order valence-corrected chi connectivity index (χ3v) is 8.08. The number of rotatable bonds is 5. The van der Waals surface area contributed by atoms with Crippen LogP contribution >= 0.6 is 0 Å². The number of nitrogens with zero attached hydrogens (tertiary/aromatic N) is 3. The van der Waals surface area contributed by atoms with Crippen LogP contribution in [0.5, 0.6) is 0 Å². The quantitative estimate of drug-likeness (QED) is 0.530. The zero-order valence-electron chi connectivity index (χ0n) is 19.8. The largest absolute Gasteiger partial charge is 0.598 e. The number of hydrogen-bond acceptors (Lipinski definition) is 6. The third kappa shape index (κ3) is 4.59. The van der Waals surface area contributed by atoms with Gasteiger partial charge in [0.25, 0.3) is 5.91 Å². The number of benzene rings is 2. The predicted molar refractivity (Wildman–Crippen MR) is 138 cm³/mol. The van der Waals surface area contributed by atoms with Gasteiger partial charge in [0.05, 0.1) is 6.04 Å². The molecule has 1 fully saturated rings. The normalized spacial score (nSPS) is 18.5. The molecule has 0 spiro atoms. The Kier molecular flexibility index (Phi) is 6.39. The summed E-state index contributed by atoms with van der Waals surface area (Å²) in [5.41, 5.74) is 11.3. The fourth-order valence-corrected chi connectivity index (χ4v) is 5.46. The van der Waals surface area contributed by atoms with Crippen LogP contribution in [0.3, 0.4) is 0 Å². The second-order valence-electron chi connectivity index (χ2n) is 9.06. The number of likely N-dealkylation sites (N-methyl/N-ethyl adjacent to an activating group) is 1. The molecule has 2 aromatic carbocycles. The topological polar surface area (TPSA) is 97.6 Å². The Morgan fingerprint density at radius 3 is 2.74 bits per heavy atom. The van der Waals surface area contributed by atoms with Gasteiger partial charge in [0.1, 0.15) is 17.9 Å². The molecule has 2 aliphatic heterocycles. The molecule has 1 saturated heterocycles. The Labute approximate surface area is 207 Å². The van der Waals surface area contributed by atoms with Gasteiger partial charge in [-0.15, -0.1) is 4.31 Å². The minimum atomic E-state index is -1.03. The fourth-order valence-electron chi connectivity index (χ4n) is 4.87. The van der Waals surface area contributed by atoms with Gasteiger partial charge in [-0.25, -0.2) is 9.37 Å². The lowest BCUT2D eigenvalue weighted by atomic mass is 9.94. The van der Waals surface area contributed by atoms with Gasteiger partial charge in [0.2, 0.25) is 0 Å². The molecule has 0 aliphatic carbocycles. The summed E-state index contributed by atoms with van der Waals surface area (Å²) in [5, 5.41) is 2.85. The molecule has 0 saturated carbocycles. The molecule has 35 heavy (non-hydrogen) atoms. The van der Waals surface area contributed by atoms with Crippen molar-refractivity contribution >= 4 is 28.8 Å². The fraction of sp³-hybridized carbons (Fsp3) is 0.308. The van der Waals surface area contributed by atoms with Crippen LogP contribution in [0, 0.1) is 5.82 Å². The predicted octanol–water partition coefficient (Wildman–Crippen LogP) is 3.23. The van der Waals surface area contributed by atoms with Crippen molar-refractivity contribution in [3.05, 3.63) is 65.6 Å². The van der Waals surface area contributed by atoms with E-state index in [1.54, 1.807) is 30.7 Å². The van der Waals surface area contributed by atoms with E-state index in [0.717, 1.165) is 36.2 Å². The summed E-state index contributed by atoms with van der Waals surface area (Å²) in [4.78, 5) is 18.5. The Balaban J connectivity index is 1.42. The Morgan fingerprint density at radius 1 is 1.17 bits per heavy atom. The van der Waals surface area contributed by atoms with Crippen LogP contribution in [0.1, 0.15) is 22.3 Å². The van der Waals surface area contributed by atoms with Crippen molar-refractivity contribution in [3.8, 4) is 22.3 Å². The van der Waals surface area contributed by atoms with E-state index in [-0.39, 0.29) is 17.8 Å². The summed E-state index contributed by atoms with van der Waals surface area (Å²) in [7, 11) is 1.86. The van der Waals surface area contributed by atoms with Crippen molar-refractivity contribution in [2.75, 3.05) is 43.6 Å². The Morgan fingerprint density at radius 2 is 1.97 bits per heavy atom. The Bertz CT molecular complexity index is 1280. The first kappa shape index (κ1) is 23.6. The molecule has 1 unspecified atom stereocenters. The maximum absolute atomic E-state index is 15.3. The van der Waals surface area contributed by atoms with Gasteiger partial charge < -0.3 is 20.5 Å². The van der Waals surface area contributed by atoms with Crippen LogP contribution in [0.25, 0.3) is 22.3 Å². The van der Waals surface area contributed by atoms with Gasteiger partial charge in [0.15, 0.2) is 0 Å². The molecule has 2 atom stereocenters. The lowest BCUT2D eigenvalue weighted by Crippen LogP contribution is -2.38. The molecule has 1 amide bonds. The standard InChI is InChI=1S/C26H28FN5O2S/c1-31(35(2)34)20-8-10-32(15-20)19-4-6-21(24(27)13-19)18-12-23(25(28)30-14-18)16-3-5-22-17(11-16)7-9-29-26(22)33/h3-6,11-14,20H,7-10,15H2,1-2H3,(H2,28,30)(H,29,33)/t20-,35?/m1/s1. The summed E-state index contributed by atoms with van der Waals surface area (Å²) in [6.45, 7) is 2.10. The van der Waals surface area contributed by atoms with Crippen LogP contribution in [-0.2, 0) is 17.8 Å². The summed E-state index contributed by atoms with van der Waals surface area (Å²) in [6.07, 6.45) is 4.89. The number of nitrogens with two attached hydrogens (primary N) is 1. The zero-order chi connectivity index (χ0) is 24.7. The number of amides is 1. The van der Waals surface area contributed by atoms with Crippen LogP contribution in [0.15, 0.2) is 48.7 Å². The van der Waals surface area contributed by atoms with Gasteiger partial charge in [-0.1, -0.05) is 12.1 Å². The first-order chi connectivity index (χ1) is 16.8. The molecule has 182 valence electrons. The number of nitrogens with one attached hydrogen (secondary N) is 1. The van der Waals surface area contributed by atoms with Crippen LogP contribution < -0.4 is 16.0 Å². The molecule has 3 heterocycles. The molecule has 3 aromatic rings. The highest BCUT2D eigenvalue weighted by Crippen LogP contribution is 2.34. The molecule has 2 aliphatic rings. The van der Waals surface area contributed by atoms with Crippen LogP contribution in [-0.4, -0.2) is 58.7 Å². The number of aromatic nitrogens is 1. The van der Waals surface area contributed by atoms with Gasteiger partial charge in [-0.3, -0.25) is 4.79 Å². The molecule has 7 nitrogen and oxygen atoms in total.